The molecule has 1 aromatic rings. The summed E-state index contributed by atoms with van der Waals surface area (Å²) in [5.41, 5.74) is 1.21. The van der Waals surface area contributed by atoms with Crippen molar-refractivity contribution in [1.29, 1.82) is 0 Å². The van der Waals surface area contributed by atoms with Crippen molar-refractivity contribution in [3.8, 4) is 0 Å². The van der Waals surface area contributed by atoms with Crippen LogP contribution in [0.2, 0.25) is 19.6 Å². The highest BCUT2D eigenvalue weighted by Gasteiger charge is 2.17. The summed E-state index contributed by atoms with van der Waals surface area (Å²) in [4.78, 5) is 0. The molecule has 0 bridgehead atoms. The zero-order chi connectivity index (χ0) is 12.0. The fourth-order valence-corrected chi connectivity index (χ4v) is 2.37. The van der Waals surface area contributed by atoms with E-state index in [0.29, 0.717) is 18.5 Å². The molecule has 1 aromatic carbocycles. The van der Waals surface area contributed by atoms with Crippen LogP contribution in [0.25, 0.3) is 0 Å². The first-order valence-corrected chi connectivity index (χ1v) is 8.94. The Morgan fingerprint density at radius 3 is 2.38 bits per heavy atom. The molecule has 0 unspecified atom stereocenters. The summed E-state index contributed by atoms with van der Waals surface area (Å²) in [6, 6.07) is 10.1. The highest BCUT2D eigenvalue weighted by molar-refractivity contribution is 6.70. The molecule has 0 aliphatic carbocycles. The third kappa shape index (κ3) is 5.12. The molecule has 0 amide bonds. The number of allylic oxidation sites excluding steroid dienone is 1. The quantitative estimate of drug-likeness (QED) is 0.549. The first kappa shape index (κ1) is 13.0. The van der Waals surface area contributed by atoms with E-state index in [-0.39, 0.29) is 0 Å². The molecular weight excluding hydrogens is 219 g/mol. The van der Waals surface area contributed by atoms with Crippen molar-refractivity contribution >= 4 is 8.32 Å². The summed E-state index contributed by atoms with van der Waals surface area (Å²) in [7, 11) is -1.69. The number of rotatable bonds is 5. The second-order valence-corrected chi connectivity index (χ2v) is 9.20. The van der Waals surface area contributed by atoms with Gasteiger partial charge in [-0.05, 0) is 31.6 Å². The monoisotopic (exact) mass is 238 g/mol. The lowest BCUT2D eigenvalue weighted by molar-refractivity contribution is 0.384. The van der Waals surface area contributed by atoms with E-state index in [1.165, 1.54) is 5.56 Å². The van der Waals surface area contributed by atoms with E-state index < -0.39 is 8.32 Å². The first-order valence-electron chi connectivity index (χ1n) is 5.53. The van der Waals surface area contributed by atoms with E-state index in [9.17, 15) is 4.39 Å². The number of halogens is 1. The van der Waals surface area contributed by atoms with Crippen molar-refractivity contribution in [2.45, 2.75) is 32.5 Å². The van der Waals surface area contributed by atoms with Gasteiger partial charge in [0, 0.05) is 6.42 Å². The van der Waals surface area contributed by atoms with Gasteiger partial charge in [0.2, 0.25) is 8.32 Å². The Kier molecular flexibility index (Phi) is 4.74. The summed E-state index contributed by atoms with van der Waals surface area (Å²) < 4.78 is 18.3. The van der Waals surface area contributed by atoms with Crippen LogP contribution >= 0.6 is 0 Å². The molecular formula is C13H19FOSi. The van der Waals surface area contributed by atoms with Gasteiger partial charge in [-0.25, -0.2) is 4.39 Å². The molecule has 0 aliphatic heterocycles. The van der Waals surface area contributed by atoms with Gasteiger partial charge in [0.25, 0.3) is 0 Å². The maximum Gasteiger partial charge on any atom is 0.241 e. The maximum absolute atomic E-state index is 12.6. The fourth-order valence-electron chi connectivity index (χ4n) is 1.43. The molecule has 16 heavy (non-hydrogen) atoms. The summed E-state index contributed by atoms with van der Waals surface area (Å²) in [6.45, 7) is 6.16. The number of hydrogen-bond acceptors (Lipinski definition) is 1. The van der Waals surface area contributed by atoms with Gasteiger partial charge in [0.05, 0.1) is 0 Å². The van der Waals surface area contributed by atoms with Crippen LogP contribution < -0.4 is 0 Å². The summed E-state index contributed by atoms with van der Waals surface area (Å²) in [5.74, 6) is 0.475. The van der Waals surface area contributed by atoms with Crippen LogP contribution in [0.1, 0.15) is 12.0 Å². The molecule has 0 spiro atoms. The van der Waals surface area contributed by atoms with Gasteiger partial charge in [-0.3, -0.25) is 0 Å². The molecule has 88 valence electrons. The lowest BCUT2D eigenvalue weighted by Crippen LogP contribution is -2.24. The highest BCUT2D eigenvalue weighted by Crippen LogP contribution is 2.16. The van der Waals surface area contributed by atoms with Gasteiger partial charge < -0.3 is 4.43 Å². The van der Waals surface area contributed by atoms with E-state index in [4.69, 9.17) is 4.43 Å². The number of benzene rings is 1. The fraction of sp³-hybridized carbons (Fsp3) is 0.385. The SMILES string of the molecule is C[Si](C)(C)O/C(=C\F)CCc1ccccc1. The Balaban J connectivity index is 2.48. The van der Waals surface area contributed by atoms with Crippen molar-refractivity contribution in [2.24, 2.45) is 0 Å². The lowest BCUT2D eigenvalue weighted by atomic mass is 10.1. The standard InChI is InChI=1S/C13H19FOSi/c1-16(2,3)15-13(11-14)10-9-12-7-5-4-6-8-12/h4-8,11H,9-10H2,1-3H3/b13-11-. The maximum atomic E-state index is 12.6. The topological polar surface area (TPSA) is 9.23 Å². The van der Waals surface area contributed by atoms with Crippen LogP contribution in [0.15, 0.2) is 42.4 Å². The summed E-state index contributed by atoms with van der Waals surface area (Å²) >= 11 is 0. The van der Waals surface area contributed by atoms with Crippen LogP contribution in [0.3, 0.4) is 0 Å². The minimum atomic E-state index is -1.69. The van der Waals surface area contributed by atoms with Crippen LogP contribution in [0.5, 0.6) is 0 Å². The average Bonchev–Trinajstić information content (AvgIpc) is 2.24. The van der Waals surface area contributed by atoms with Crippen molar-refractivity contribution < 1.29 is 8.82 Å². The Morgan fingerprint density at radius 2 is 1.88 bits per heavy atom. The highest BCUT2D eigenvalue weighted by atomic mass is 28.4. The Bertz CT molecular complexity index is 341. The second kappa shape index (κ2) is 5.85. The smallest absolute Gasteiger partial charge is 0.241 e. The van der Waals surface area contributed by atoms with Crippen molar-refractivity contribution in [1.82, 2.24) is 0 Å². The third-order valence-corrected chi connectivity index (χ3v) is 2.94. The molecule has 0 fully saturated rings. The molecule has 0 N–H and O–H groups in total. The normalized spacial score (nSPS) is 12.6. The molecule has 1 nitrogen and oxygen atoms in total. The van der Waals surface area contributed by atoms with Crippen LogP contribution in [-0.2, 0) is 10.8 Å². The molecule has 0 aliphatic rings. The molecule has 0 atom stereocenters. The zero-order valence-electron chi connectivity index (χ0n) is 10.2. The minimum absolute atomic E-state index is 0.475. The van der Waals surface area contributed by atoms with Crippen molar-refractivity contribution in [3.05, 3.63) is 48.0 Å². The molecule has 0 radical (unpaired) electrons. The Morgan fingerprint density at radius 1 is 1.25 bits per heavy atom. The van der Waals surface area contributed by atoms with Crippen LogP contribution in [0, 0.1) is 0 Å². The molecule has 0 heterocycles. The Labute approximate surface area is 98.1 Å². The molecule has 1 rings (SSSR count). The van der Waals surface area contributed by atoms with Crippen molar-refractivity contribution in [3.63, 3.8) is 0 Å². The Hall–Kier alpha value is -1.09. The summed E-state index contributed by atoms with van der Waals surface area (Å²) in [6.07, 6.45) is 2.05. The van der Waals surface area contributed by atoms with Gasteiger partial charge in [-0.1, -0.05) is 30.3 Å². The zero-order valence-corrected chi connectivity index (χ0v) is 11.2. The van der Waals surface area contributed by atoms with E-state index in [1.807, 2.05) is 30.3 Å². The van der Waals surface area contributed by atoms with E-state index in [1.54, 1.807) is 0 Å². The molecule has 0 saturated carbocycles. The average molecular weight is 238 g/mol. The minimum Gasteiger partial charge on any atom is -0.546 e. The lowest BCUT2D eigenvalue weighted by Gasteiger charge is -2.20. The third-order valence-electron chi connectivity index (χ3n) is 2.06. The number of aryl methyl sites for hydroxylation is 1. The molecule has 0 aromatic heterocycles. The molecule has 0 saturated heterocycles. The van der Waals surface area contributed by atoms with E-state index >= 15 is 0 Å². The van der Waals surface area contributed by atoms with Gasteiger partial charge in [-0.15, -0.1) is 0 Å². The van der Waals surface area contributed by atoms with Gasteiger partial charge in [0.15, 0.2) is 0 Å². The second-order valence-electron chi connectivity index (χ2n) is 4.78. The van der Waals surface area contributed by atoms with E-state index in [0.717, 1.165) is 6.42 Å². The van der Waals surface area contributed by atoms with Gasteiger partial charge in [-0.2, -0.15) is 0 Å². The first-order chi connectivity index (χ1) is 7.51. The largest absolute Gasteiger partial charge is 0.546 e. The van der Waals surface area contributed by atoms with Gasteiger partial charge in [0.1, 0.15) is 12.1 Å². The number of hydrogen-bond donors (Lipinski definition) is 0. The van der Waals surface area contributed by atoms with Crippen molar-refractivity contribution in [2.75, 3.05) is 0 Å². The molecule has 3 heteroatoms. The van der Waals surface area contributed by atoms with E-state index in [2.05, 4.69) is 19.6 Å². The van der Waals surface area contributed by atoms with Crippen LogP contribution in [-0.4, -0.2) is 8.32 Å². The summed E-state index contributed by atoms with van der Waals surface area (Å²) in [5, 5.41) is 0. The predicted octanol–water partition coefficient (Wildman–Crippen LogP) is 4.28. The predicted molar refractivity (Wildman–Crippen MR) is 68.4 cm³/mol. The van der Waals surface area contributed by atoms with Crippen LogP contribution in [0.4, 0.5) is 4.39 Å². The van der Waals surface area contributed by atoms with Gasteiger partial charge >= 0.3 is 0 Å².